The van der Waals surface area contributed by atoms with Crippen LogP contribution >= 0.6 is 0 Å². The highest BCUT2D eigenvalue weighted by Crippen LogP contribution is 2.35. The summed E-state index contributed by atoms with van der Waals surface area (Å²) < 4.78 is 5.64. The maximum absolute atomic E-state index is 5.64. The molecule has 0 unspecified atom stereocenters. The van der Waals surface area contributed by atoms with Crippen LogP contribution in [-0.4, -0.2) is 30.7 Å². The Morgan fingerprint density at radius 3 is 3.00 bits per heavy atom. The van der Waals surface area contributed by atoms with E-state index < -0.39 is 0 Å². The molecule has 0 atom stereocenters. The van der Waals surface area contributed by atoms with Crippen molar-refractivity contribution >= 4 is 5.82 Å². The molecule has 0 aliphatic heterocycles. The second-order valence-corrected chi connectivity index (χ2v) is 4.32. The van der Waals surface area contributed by atoms with E-state index in [1.807, 2.05) is 25.3 Å². The first-order chi connectivity index (χ1) is 8.36. The first-order valence-electron chi connectivity index (χ1n) is 6.41. The van der Waals surface area contributed by atoms with Crippen molar-refractivity contribution in [1.29, 1.82) is 0 Å². The molecule has 1 aliphatic rings. The van der Waals surface area contributed by atoms with Gasteiger partial charge in [0.25, 0.3) is 0 Å². The highest BCUT2D eigenvalue weighted by molar-refractivity contribution is 5.53. The minimum absolute atomic E-state index is 0.635. The maximum atomic E-state index is 5.64. The fraction of sp³-hybridized carbons (Fsp3) is 0.615. The van der Waals surface area contributed by atoms with Gasteiger partial charge in [0.2, 0.25) is 0 Å². The molecule has 2 rings (SSSR count). The molecule has 4 heteroatoms. The summed E-state index contributed by atoms with van der Waals surface area (Å²) >= 11 is 0. The van der Waals surface area contributed by atoms with Gasteiger partial charge in [0.1, 0.15) is 0 Å². The van der Waals surface area contributed by atoms with Crippen molar-refractivity contribution in [2.75, 3.05) is 24.6 Å². The minimum Gasteiger partial charge on any atom is -0.490 e. The second kappa shape index (κ2) is 5.87. The smallest absolute Gasteiger partial charge is 0.171 e. The van der Waals surface area contributed by atoms with E-state index in [0.717, 1.165) is 31.1 Å². The molecule has 94 valence electrons. The Balaban J connectivity index is 2.15. The third kappa shape index (κ3) is 3.09. The van der Waals surface area contributed by atoms with Gasteiger partial charge in [-0.15, -0.1) is 0 Å². The number of hydrogen-bond acceptors (Lipinski definition) is 4. The Morgan fingerprint density at radius 1 is 1.53 bits per heavy atom. The molecule has 1 heterocycles. The van der Waals surface area contributed by atoms with Gasteiger partial charge in [0.15, 0.2) is 11.6 Å². The van der Waals surface area contributed by atoms with E-state index in [-0.39, 0.29) is 0 Å². The highest BCUT2D eigenvalue weighted by Gasteiger charge is 2.31. The number of rotatable bonds is 7. The Bertz CT molecular complexity index is 352. The molecule has 1 aliphatic carbocycles. The number of anilines is 1. The van der Waals surface area contributed by atoms with Gasteiger partial charge in [0.05, 0.1) is 6.61 Å². The Labute approximate surface area is 103 Å². The summed E-state index contributed by atoms with van der Waals surface area (Å²) in [7, 11) is 0. The fourth-order valence-corrected chi connectivity index (χ4v) is 1.98. The number of nitrogens with zero attached hydrogens (tertiary/aromatic N) is 2. The van der Waals surface area contributed by atoms with Crippen LogP contribution in [0, 0.1) is 0 Å². The first kappa shape index (κ1) is 12.2. The molecule has 0 bridgehead atoms. The molecule has 0 spiro atoms. The first-order valence-corrected chi connectivity index (χ1v) is 6.41. The zero-order valence-corrected chi connectivity index (χ0v) is 10.4. The molecular weight excluding hydrogens is 214 g/mol. The van der Waals surface area contributed by atoms with E-state index in [1.54, 1.807) is 0 Å². The van der Waals surface area contributed by atoms with Crippen LogP contribution in [-0.2, 0) is 0 Å². The van der Waals surface area contributed by atoms with Crippen LogP contribution in [0.3, 0.4) is 0 Å². The van der Waals surface area contributed by atoms with E-state index >= 15 is 0 Å². The fourth-order valence-electron chi connectivity index (χ4n) is 1.98. The normalized spacial score (nSPS) is 14.7. The van der Waals surface area contributed by atoms with Crippen LogP contribution in [0.5, 0.6) is 5.75 Å². The standard InChI is InChI=1S/C13H21N3O/c1-2-17-12-5-3-9-15-13(12)16(10-4-8-14)11-6-7-11/h3,5,9,11H,2,4,6-8,10,14H2,1H3. The zero-order valence-electron chi connectivity index (χ0n) is 10.4. The lowest BCUT2D eigenvalue weighted by Crippen LogP contribution is -2.29. The molecule has 2 N–H and O–H groups in total. The molecule has 1 saturated carbocycles. The second-order valence-electron chi connectivity index (χ2n) is 4.32. The van der Waals surface area contributed by atoms with Crippen LogP contribution in [0.25, 0.3) is 0 Å². The molecule has 1 aromatic rings. The average Bonchev–Trinajstić information content (AvgIpc) is 3.16. The summed E-state index contributed by atoms with van der Waals surface area (Å²) in [5, 5.41) is 0. The van der Waals surface area contributed by atoms with Gasteiger partial charge in [-0.1, -0.05) is 0 Å². The summed E-state index contributed by atoms with van der Waals surface area (Å²) in [6.45, 7) is 4.37. The van der Waals surface area contributed by atoms with Crippen molar-refractivity contribution in [3.05, 3.63) is 18.3 Å². The molecular formula is C13H21N3O. The van der Waals surface area contributed by atoms with Gasteiger partial charge in [-0.3, -0.25) is 0 Å². The third-order valence-corrected chi connectivity index (χ3v) is 2.91. The Morgan fingerprint density at radius 2 is 2.35 bits per heavy atom. The summed E-state index contributed by atoms with van der Waals surface area (Å²) in [4.78, 5) is 6.82. The van der Waals surface area contributed by atoms with Crippen molar-refractivity contribution in [2.24, 2.45) is 5.73 Å². The van der Waals surface area contributed by atoms with Crippen LogP contribution in [0.2, 0.25) is 0 Å². The Kier molecular flexibility index (Phi) is 4.20. The van der Waals surface area contributed by atoms with Gasteiger partial charge in [0, 0.05) is 18.8 Å². The van der Waals surface area contributed by atoms with Gasteiger partial charge >= 0.3 is 0 Å². The van der Waals surface area contributed by atoms with Gasteiger partial charge in [-0.05, 0) is 44.9 Å². The molecule has 0 radical (unpaired) electrons. The molecule has 4 nitrogen and oxygen atoms in total. The van der Waals surface area contributed by atoms with Crippen molar-refractivity contribution in [2.45, 2.75) is 32.2 Å². The van der Waals surface area contributed by atoms with Gasteiger partial charge in [-0.25, -0.2) is 4.98 Å². The van der Waals surface area contributed by atoms with Crippen LogP contribution in [0.15, 0.2) is 18.3 Å². The predicted molar refractivity (Wildman–Crippen MR) is 69.4 cm³/mol. The molecule has 0 amide bonds. The lowest BCUT2D eigenvalue weighted by molar-refractivity contribution is 0.338. The summed E-state index contributed by atoms with van der Waals surface area (Å²) in [6, 6.07) is 4.54. The monoisotopic (exact) mass is 235 g/mol. The summed E-state index contributed by atoms with van der Waals surface area (Å²) in [5.74, 6) is 1.87. The number of hydrogen-bond donors (Lipinski definition) is 1. The number of ether oxygens (including phenoxy) is 1. The molecule has 1 aromatic heterocycles. The number of aromatic nitrogens is 1. The van der Waals surface area contributed by atoms with Crippen LogP contribution < -0.4 is 15.4 Å². The van der Waals surface area contributed by atoms with Crippen LogP contribution in [0.4, 0.5) is 5.82 Å². The largest absolute Gasteiger partial charge is 0.490 e. The predicted octanol–water partition coefficient (Wildman–Crippen LogP) is 1.80. The molecule has 0 aromatic carbocycles. The summed E-state index contributed by atoms with van der Waals surface area (Å²) in [6.07, 6.45) is 5.34. The molecule has 0 saturated heterocycles. The van der Waals surface area contributed by atoms with E-state index in [2.05, 4.69) is 9.88 Å². The SMILES string of the molecule is CCOc1cccnc1N(CCCN)C1CC1. The van der Waals surface area contributed by atoms with Crippen LogP contribution in [0.1, 0.15) is 26.2 Å². The average molecular weight is 235 g/mol. The quantitative estimate of drug-likeness (QED) is 0.783. The zero-order chi connectivity index (χ0) is 12.1. The topological polar surface area (TPSA) is 51.4 Å². The van der Waals surface area contributed by atoms with Crippen molar-refractivity contribution < 1.29 is 4.74 Å². The lowest BCUT2D eigenvalue weighted by Gasteiger charge is -2.25. The minimum atomic E-state index is 0.635. The van der Waals surface area contributed by atoms with Crippen molar-refractivity contribution in [1.82, 2.24) is 4.98 Å². The van der Waals surface area contributed by atoms with Gasteiger partial charge < -0.3 is 15.4 Å². The van der Waals surface area contributed by atoms with Crippen molar-refractivity contribution in [3.8, 4) is 5.75 Å². The van der Waals surface area contributed by atoms with E-state index in [0.29, 0.717) is 12.6 Å². The van der Waals surface area contributed by atoms with E-state index in [9.17, 15) is 0 Å². The maximum Gasteiger partial charge on any atom is 0.171 e. The highest BCUT2D eigenvalue weighted by atomic mass is 16.5. The number of nitrogens with two attached hydrogens (primary N) is 1. The summed E-state index contributed by atoms with van der Waals surface area (Å²) in [5.41, 5.74) is 5.59. The third-order valence-electron chi connectivity index (χ3n) is 2.91. The molecule has 17 heavy (non-hydrogen) atoms. The molecule has 1 fully saturated rings. The Hall–Kier alpha value is -1.29. The van der Waals surface area contributed by atoms with Gasteiger partial charge in [-0.2, -0.15) is 0 Å². The van der Waals surface area contributed by atoms with E-state index in [1.165, 1.54) is 12.8 Å². The lowest BCUT2D eigenvalue weighted by atomic mass is 10.3. The van der Waals surface area contributed by atoms with E-state index in [4.69, 9.17) is 10.5 Å². The van der Waals surface area contributed by atoms with Crippen molar-refractivity contribution in [3.63, 3.8) is 0 Å². The number of pyridine rings is 1.